The Morgan fingerprint density at radius 2 is 1.30 bits per heavy atom. The van der Waals surface area contributed by atoms with Crippen molar-refractivity contribution < 1.29 is 19.4 Å². The molecule has 4 nitrogen and oxygen atoms in total. The van der Waals surface area contributed by atoms with Gasteiger partial charge >= 0.3 is 11.9 Å². The van der Waals surface area contributed by atoms with Gasteiger partial charge in [-0.25, -0.2) is 0 Å². The summed E-state index contributed by atoms with van der Waals surface area (Å²) in [5.41, 5.74) is 0. The lowest BCUT2D eigenvalue weighted by Gasteiger charge is -2.02. The van der Waals surface area contributed by atoms with Gasteiger partial charge < -0.3 is 9.84 Å². The quantitative estimate of drug-likeness (QED) is 0.447. The maximum Gasteiger partial charge on any atom is 0.305 e. The van der Waals surface area contributed by atoms with E-state index in [0.29, 0.717) is 19.4 Å². The van der Waals surface area contributed by atoms with Gasteiger partial charge in [0.05, 0.1) is 6.61 Å². The van der Waals surface area contributed by atoms with E-state index in [9.17, 15) is 9.59 Å². The number of unbranched alkanes of at least 4 members (excludes halogenated alkanes) is 5. The van der Waals surface area contributed by atoms with E-state index in [-0.39, 0.29) is 5.97 Å². The Balaban J connectivity index is 0. The average Bonchev–Trinajstić information content (AvgIpc) is 2.40. The van der Waals surface area contributed by atoms with Crippen molar-refractivity contribution >= 4 is 11.9 Å². The molecule has 0 atom stereocenters. The Hall–Kier alpha value is -1.06. The summed E-state index contributed by atoms with van der Waals surface area (Å²) >= 11 is 0. The number of rotatable bonds is 11. The normalized spacial score (nSPS) is 9.55. The van der Waals surface area contributed by atoms with Gasteiger partial charge in [0.15, 0.2) is 0 Å². The smallest absolute Gasteiger partial charge is 0.305 e. The number of carboxylic acids is 1. The van der Waals surface area contributed by atoms with Crippen LogP contribution in [-0.4, -0.2) is 23.7 Å². The minimum absolute atomic E-state index is 0.0306. The largest absolute Gasteiger partial charge is 0.481 e. The molecule has 0 aromatic rings. The number of carbonyl (C=O) groups is 2. The standard InChI is InChI=1S/C10H20O2.C6H12O2/c1-3-5-7-8-10(11)12-9-6-4-2;1-2-3-4-5-6(7)8/h3-9H2,1-2H3;2-5H2,1H3,(H,7,8). The van der Waals surface area contributed by atoms with Gasteiger partial charge in [0.1, 0.15) is 0 Å². The zero-order valence-corrected chi connectivity index (χ0v) is 13.5. The summed E-state index contributed by atoms with van der Waals surface area (Å²) in [5.74, 6) is -0.713. The Labute approximate surface area is 123 Å². The van der Waals surface area contributed by atoms with E-state index >= 15 is 0 Å². The van der Waals surface area contributed by atoms with Crippen molar-refractivity contribution in [1.29, 1.82) is 0 Å². The highest BCUT2D eigenvalue weighted by atomic mass is 16.5. The van der Waals surface area contributed by atoms with Crippen molar-refractivity contribution in [3.8, 4) is 0 Å². The number of carbonyl (C=O) groups excluding carboxylic acids is 1. The van der Waals surface area contributed by atoms with Crippen LogP contribution in [0.2, 0.25) is 0 Å². The molecular weight excluding hydrogens is 256 g/mol. The van der Waals surface area contributed by atoms with Gasteiger partial charge in [-0.3, -0.25) is 9.59 Å². The lowest BCUT2D eigenvalue weighted by molar-refractivity contribution is -0.144. The third-order valence-corrected chi connectivity index (χ3v) is 2.74. The summed E-state index contributed by atoms with van der Waals surface area (Å²) in [6, 6.07) is 0. The number of ether oxygens (including phenoxy) is 1. The third kappa shape index (κ3) is 22.1. The fourth-order valence-electron chi connectivity index (χ4n) is 1.45. The molecule has 1 N–H and O–H groups in total. The summed E-state index contributed by atoms with van der Waals surface area (Å²) in [5, 5.41) is 8.14. The zero-order valence-electron chi connectivity index (χ0n) is 13.5. The molecule has 0 bridgehead atoms. The van der Waals surface area contributed by atoms with Crippen LogP contribution in [0.25, 0.3) is 0 Å². The van der Waals surface area contributed by atoms with Crippen LogP contribution in [0.15, 0.2) is 0 Å². The van der Waals surface area contributed by atoms with Gasteiger partial charge in [-0.05, 0) is 19.3 Å². The number of aliphatic carboxylic acids is 1. The van der Waals surface area contributed by atoms with Gasteiger partial charge in [0, 0.05) is 12.8 Å². The van der Waals surface area contributed by atoms with E-state index in [1.54, 1.807) is 0 Å². The SMILES string of the molecule is CCCCCC(=O)O.CCCCCC(=O)OCCCC. The van der Waals surface area contributed by atoms with Crippen LogP contribution in [-0.2, 0) is 14.3 Å². The summed E-state index contributed by atoms with van der Waals surface area (Å²) in [6.07, 6.45) is 9.20. The van der Waals surface area contributed by atoms with Gasteiger partial charge in [-0.1, -0.05) is 52.9 Å². The first kappa shape index (κ1) is 21.2. The van der Waals surface area contributed by atoms with Crippen LogP contribution in [0.4, 0.5) is 0 Å². The Bertz CT molecular complexity index is 215. The third-order valence-electron chi connectivity index (χ3n) is 2.74. The van der Waals surface area contributed by atoms with Crippen molar-refractivity contribution in [1.82, 2.24) is 0 Å². The van der Waals surface area contributed by atoms with Crippen molar-refractivity contribution in [2.75, 3.05) is 6.61 Å². The monoisotopic (exact) mass is 288 g/mol. The van der Waals surface area contributed by atoms with E-state index in [1.165, 1.54) is 0 Å². The predicted molar refractivity (Wildman–Crippen MR) is 81.8 cm³/mol. The van der Waals surface area contributed by atoms with Crippen molar-refractivity contribution in [3.05, 3.63) is 0 Å². The molecule has 0 aromatic heterocycles. The van der Waals surface area contributed by atoms with Crippen LogP contribution >= 0.6 is 0 Å². The fourth-order valence-corrected chi connectivity index (χ4v) is 1.45. The van der Waals surface area contributed by atoms with Crippen molar-refractivity contribution in [3.63, 3.8) is 0 Å². The highest BCUT2D eigenvalue weighted by molar-refractivity contribution is 5.69. The average molecular weight is 288 g/mol. The van der Waals surface area contributed by atoms with E-state index in [2.05, 4.69) is 20.8 Å². The molecule has 0 saturated heterocycles. The van der Waals surface area contributed by atoms with Crippen LogP contribution in [0.5, 0.6) is 0 Å². The molecule has 20 heavy (non-hydrogen) atoms. The maximum atomic E-state index is 11.0. The fraction of sp³-hybridized carbons (Fsp3) is 0.875. The molecule has 0 saturated carbocycles. The Kier molecular flexibility index (Phi) is 19.1. The summed E-state index contributed by atoms with van der Waals surface area (Å²) in [4.78, 5) is 20.8. The van der Waals surface area contributed by atoms with Gasteiger partial charge in [-0.15, -0.1) is 0 Å². The summed E-state index contributed by atoms with van der Waals surface area (Å²) in [7, 11) is 0. The predicted octanol–water partition coefficient (Wildman–Crippen LogP) is 4.56. The number of carboxylic acid groups (broad SMARTS) is 1. The topological polar surface area (TPSA) is 63.6 Å². The van der Waals surface area contributed by atoms with Gasteiger partial charge in [-0.2, -0.15) is 0 Å². The second kappa shape index (κ2) is 17.9. The molecular formula is C16H32O4. The highest BCUT2D eigenvalue weighted by Crippen LogP contribution is 2.01. The molecule has 4 heteroatoms. The number of hydrogen-bond donors (Lipinski definition) is 1. The molecule has 0 amide bonds. The second-order valence-electron chi connectivity index (χ2n) is 4.88. The Morgan fingerprint density at radius 1 is 0.800 bits per heavy atom. The van der Waals surface area contributed by atoms with Crippen molar-refractivity contribution in [2.24, 2.45) is 0 Å². The molecule has 0 aliphatic heterocycles. The number of hydrogen-bond acceptors (Lipinski definition) is 3. The molecule has 0 radical (unpaired) electrons. The summed E-state index contributed by atoms with van der Waals surface area (Å²) in [6.45, 7) is 6.87. The van der Waals surface area contributed by atoms with E-state index in [0.717, 1.165) is 51.4 Å². The highest BCUT2D eigenvalue weighted by Gasteiger charge is 2.00. The van der Waals surface area contributed by atoms with Crippen LogP contribution in [0.1, 0.15) is 85.0 Å². The lowest BCUT2D eigenvalue weighted by Crippen LogP contribution is -2.05. The number of esters is 1. The molecule has 0 rings (SSSR count). The lowest BCUT2D eigenvalue weighted by atomic mass is 10.2. The molecule has 0 fully saturated rings. The zero-order chi connectivity index (χ0) is 15.6. The Morgan fingerprint density at radius 3 is 1.75 bits per heavy atom. The first-order valence-corrected chi connectivity index (χ1v) is 7.95. The first-order chi connectivity index (χ1) is 9.58. The molecule has 0 aromatic carbocycles. The molecule has 0 aliphatic rings. The van der Waals surface area contributed by atoms with E-state index in [1.807, 2.05) is 0 Å². The van der Waals surface area contributed by atoms with Crippen LogP contribution in [0.3, 0.4) is 0 Å². The second-order valence-corrected chi connectivity index (χ2v) is 4.88. The van der Waals surface area contributed by atoms with Gasteiger partial charge in [0.2, 0.25) is 0 Å². The molecule has 0 aliphatic carbocycles. The molecule has 0 unspecified atom stereocenters. The molecule has 0 heterocycles. The summed E-state index contributed by atoms with van der Waals surface area (Å²) < 4.78 is 4.99. The van der Waals surface area contributed by atoms with Crippen LogP contribution < -0.4 is 0 Å². The maximum absolute atomic E-state index is 11.0. The minimum Gasteiger partial charge on any atom is -0.481 e. The molecule has 0 spiro atoms. The molecule has 120 valence electrons. The minimum atomic E-state index is -0.682. The van der Waals surface area contributed by atoms with E-state index in [4.69, 9.17) is 9.84 Å². The van der Waals surface area contributed by atoms with Gasteiger partial charge in [0.25, 0.3) is 0 Å². The van der Waals surface area contributed by atoms with E-state index < -0.39 is 5.97 Å². The first-order valence-electron chi connectivity index (χ1n) is 7.95. The van der Waals surface area contributed by atoms with Crippen LogP contribution in [0, 0.1) is 0 Å². The van der Waals surface area contributed by atoms with Crippen molar-refractivity contribution in [2.45, 2.75) is 85.0 Å².